The number of hydrazine groups is 1. The second kappa shape index (κ2) is 10.1. The summed E-state index contributed by atoms with van der Waals surface area (Å²) < 4.78 is 11.2. The van der Waals surface area contributed by atoms with Crippen molar-refractivity contribution < 1.29 is 14.4 Å². The minimum Gasteiger partial charge on any atom is -0.465 e. The van der Waals surface area contributed by atoms with Crippen molar-refractivity contribution in [3.05, 3.63) is 62.7 Å². The van der Waals surface area contributed by atoms with Gasteiger partial charge in [-0.05, 0) is 36.5 Å². The number of nitrogens with one attached hydrogen (secondary N) is 2. The van der Waals surface area contributed by atoms with Crippen LogP contribution in [0.15, 0.2) is 36.4 Å². The van der Waals surface area contributed by atoms with Gasteiger partial charge < -0.3 is 15.2 Å². The Hall–Kier alpha value is -2.60. The molecule has 0 amide bonds. The lowest BCUT2D eigenvalue weighted by Gasteiger charge is -2.15. The zero-order valence-electron chi connectivity index (χ0n) is 14.3. The van der Waals surface area contributed by atoms with E-state index in [-0.39, 0.29) is 22.6 Å². The number of hydrogen-bond donors (Lipinski definition) is 4. The van der Waals surface area contributed by atoms with E-state index < -0.39 is 4.92 Å². The zero-order valence-corrected chi connectivity index (χ0v) is 16.7. The van der Waals surface area contributed by atoms with E-state index in [4.69, 9.17) is 50.3 Å². The molecule has 148 valence electrons. The maximum absolute atomic E-state index is 11.1. The summed E-state index contributed by atoms with van der Waals surface area (Å²) in [6.45, 7) is -0.0921. The van der Waals surface area contributed by atoms with Crippen LogP contribution in [-0.4, -0.2) is 15.3 Å². The number of benzene rings is 2. The van der Waals surface area contributed by atoms with Crippen LogP contribution in [0.2, 0.25) is 5.02 Å². The van der Waals surface area contributed by atoms with Crippen LogP contribution in [0.4, 0.5) is 5.69 Å². The molecule has 9 nitrogen and oxygen atoms in total. The van der Waals surface area contributed by atoms with Gasteiger partial charge in [0.25, 0.3) is 10.9 Å². The Morgan fingerprint density at radius 1 is 1.29 bits per heavy atom. The van der Waals surface area contributed by atoms with Crippen molar-refractivity contribution in [3.63, 3.8) is 0 Å². The van der Waals surface area contributed by atoms with Gasteiger partial charge in [0.05, 0.1) is 4.92 Å². The fourth-order valence-electron chi connectivity index (χ4n) is 2.11. The van der Waals surface area contributed by atoms with E-state index in [1.165, 1.54) is 18.2 Å². The quantitative estimate of drug-likeness (QED) is 0.126. The second-order valence-corrected chi connectivity index (χ2v) is 7.10. The summed E-state index contributed by atoms with van der Waals surface area (Å²) in [5.41, 5.74) is 8.54. The van der Waals surface area contributed by atoms with Crippen molar-refractivity contribution in [2.75, 3.05) is 0 Å². The summed E-state index contributed by atoms with van der Waals surface area (Å²) >= 11 is 12.0. The van der Waals surface area contributed by atoms with Crippen molar-refractivity contribution in [1.29, 1.82) is 5.41 Å². The molecular formula is C16H16ClN5O4S2. The average molecular weight is 442 g/mol. The molecule has 0 unspecified atom stereocenters. The largest absolute Gasteiger partial charge is 0.465 e. The predicted molar refractivity (Wildman–Crippen MR) is 113 cm³/mol. The van der Waals surface area contributed by atoms with Crippen LogP contribution in [0.1, 0.15) is 11.1 Å². The Balaban J connectivity index is 2.35. The van der Waals surface area contributed by atoms with E-state index in [0.717, 1.165) is 11.8 Å². The maximum atomic E-state index is 11.1. The predicted octanol–water partition coefficient (Wildman–Crippen LogP) is 3.43. The standard InChI is InChI=1S/C16H16ClN5O4S2/c17-11-1-3-14(10(5-11)8-28-15(18)19)26-13-4-2-12(22(23)24)6-9(13)7-25-16(27)21-20/h1-6H,7-8,20H2,(H3,18,19)(H,21,27). The van der Waals surface area contributed by atoms with E-state index in [2.05, 4.69) is 5.43 Å². The summed E-state index contributed by atoms with van der Waals surface area (Å²) in [6.07, 6.45) is 0. The van der Waals surface area contributed by atoms with Crippen LogP contribution in [0, 0.1) is 15.5 Å². The van der Waals surface area contributed by atoms with E-state index in [1.807, 2.05) is 0 Å². The van der Waals surface area contributed by atoms with Crippen molar-refractivity contribution in [2.24, 2.45) is 11.6 Å². The Morgan fingerprint density at radius 3 is 2.61 bits per heavy atom. The fraction of sp³-hybridized carbons (Fsp3) is 0.125. The molecule has 0 aliphatic carbocycles. The lowest BCUT2D eigenvalue weighted by molar-refractivity contribution is -0.385. The van der Waals surface area contributed by atoms with E-state index in [0.29, 0.717) is 33.4 Å². The number of nitrogens with zero attached hydrogens (tertiary/aromatic N) is 1. The van der Waals surface area contributed by atoms with Gasteiger partial charge in [0.15, 0.2) is 5.17 Å². The highest BCUT2D eigenvalue weighted by Crippen LogP contribution is 2.34. The molecule has 0 atom stereocenters. The first kappa shape index (κ1) is 21.7. The number of ether oxygens (including phenoxy) is 2. The topological polar surface area (TPSA) is 150 Å². The zero-order chi connectivity index (χ0) is 20.7. The molecule has 0 fully saturated rings. The monoisotopic (exact) mass is 441 g/mol. The molecule has 0 saturated carbocycles. The van der Waals surface area contributed by atoms with Crippen molar-refractivity contribution in [1.82, 2.24) is 5.43 Å². The molecule has 0 heterocycles. The van der Waals surface area contributed by atoms with Crippen molar-refractivity contribution in [2.45, 2.75) is 12.4 Å². The van der Waals surface area contributed by atoms with Gasteiger partial charge in [-0.1, -0.05) is 23.4 Å². The third kappa shape index (κ3) is 6.23. The Bertz CT molecular complexity index is 913. The van der Waals surface area contributed by atoms with Crippen molar-refractivity contribution in [3.8, 4) is 11.5 Å². The summed E-state index contributed by atoms with van der Waals surface area (Å²) in [5, 5.41) is 18.8. The Morgan fingerprint density at radius 2 is 1.96 bits per heavy atom. The molecule has 12 heteroatoms. The highest BCUT2D eigenvalue weighted by atomic mass is 35.5. The molecule has 0 spiro atoms. The first-order valence-corrected chi connectivity index (χ1v) is 9.41. The average Bonchev–Trinajstić information content (AvgIpc) is 2.66. The van der Waals surface area contributed by atoms with Gasteiger partial charge in [0.1, 0.15) is 18.1 Å². The van der Waals surface area contributed by atoms with E-state index in [9.17, 15) is 10.1 Å². The smallest absolute Gasteiger partial charge is 0.271 e. The van der Waals surface area contributed by atoms with Gasteiger partial charge in [0, 0.05) is 34.0 Å². The minimum absolute atomic E-state index is 0.0434. The van der Waals surface area contributed by atoms with Gasteiger partial charge in [-0.3, -0.25) is 20.9 Å². The third-order valence-corrected chi connectivity index (χ3v) is 4.59. The molecule has 0 bridgehead atoms. The van der Waals surface area contributed by atoms with E-state index >= 15 is 0 Å². The number of non-ortho nitro benzene ring substituents is 1. The number of nitrogens with two attached hydrogens (primary N) is 2. The van der Waals surface area contributed by atoms with Gasteiger partial charge >= 0.3 is 0 Å². The second-order valence-electron chi connectivity index (χ2n) is 5.28. The molecule has 0 radical (unpaired) electrons. The first-order chi connectivity index (χ1) is 13.3. The SMILES string of the molecule is N=C(N)SCc1cc(Cl)ccc1Oc1ccc([N+](=O)[O-])cc1COC(=S)NN. The Labute approximate surface area is 174 Å². The summed E-state index contributed by atoms with van der Waals surface area (Å²) in [6, 6.07) is 9.12. The van der Waals surface area contributed by atoms with Gasteiger partial charge in [-0.15, -0.1) is 0 Å². The number of nitro groups is 1. The molecule has 28 heavy (non-hydrogen) atoms. The van der Waals surface area contributed by atoms with Crippen LogP contribution in [0.5, 0.6) is 11.5 Å². The molecule has 0 aliphatic rings. The van der Waals surface area contributed by atoms with Crippen LogP contribution < -0.4 is 21.7 Å². The number of hydrogen-bond acceptors (Lipinski definition) is 8. The van der Waals surface area contributed by atoms with Gasteiger partial charge in [-0.25, -0.2) is 5.84 Å². The Kier molecular flexibility index (Phi) is 7.81. The van der Waals surface area contributed by atoms with Crippen LogP contribution in [0.25, 0.3) is 0 Å². The van der Waals surface area contributed by atoms with Crippen LogP contribution >= 0.6 is 35.6 Å². The molecule has 2 rings (SSSR count). The van der Waals surface area contributed by atoms with Gasteiger partial charge in [0.2, 0.25) is 0 Å². The molecule has 0 aromatic heterocycles. The number of amidine groups is 1. The first-order valence-electron chi connectivity index (χ1n) is 7.64. The highest BCUT2D eigenvalue weighted by Gasteiger charge is 2.15. The molecule has 2 aromatic rings. The summed E-state index contributed by atoms with van der Waals surface area (Å²) in [7, 11) is 0. The number of nitro benzene ring substituents is 1. The number of thiocarbonyl (C=S) groups is 1. The molecule has 2 aromatic carbocycles. The number of halogens is 1. The van der Waals surface area contributed by atoms with Crippen LogP contribution in [0.3, 0.4) is 0 Å². The highest BCUT2D eigenvalue weighted by molar-refractivity contribution is 8.13. The van der Waals surface area contributed by atoms with Gasteiger partial charge in [-0.2, -0.15) is 0 Å². The summed E-state index contributed by atoms with van der Waals surface area (Å²) in [4.78, 5) is 10.6. The lowest BCUT2D eigenvalue weighted by atomic mass is 10.1. The third-order valence-electron chi connectivity index (χ3n) is 3.36. The molecular weight excluding hydrogens is 426 g/mol. The summed E-state index contributed by atoms with van der Waals surface area (Å²) in [5.74, 6) is 6.34. The normalized spacial score (nSPS) is 10.2. The van der Waals surface area contributed by atoms with E-state index in [1.54, 1.807) is 18.2 Å². The van der Waals surface area contributed by atoms with Crippen LogP contribution in [-0.2, 0) is 17.1 Å². The molecule has 6 N–H and O–H groups in total. The number of thioether (sulfide) groups is 1. The number of rotatable bonds is 7. The molecule has 0 saturated heterocycles. The fourth-order valence-corrected chi connectivity index (χ4v) is 2.90. The molecule has 0 aliphatic heterocycles. The van der Waals surface area contributed by atoms with Crippen molar-refractivity contribution >= 4 is 51.6 Å². The minimum atomic E-state index is -0.524. The lowest BCUT2D eigenvalue weighted by Crippen LogP contribution is -2.30. The maximum Gasteiger partial charge on any atom is 0.271 e.